The first-order valence-corrected chi connectivity index (χ1v) is 10.6. The Morgan fingerprint density at radius 3 is 2.84 bits per heavy atom. The van der Waals surface area contributed by atoms with Gasteiger partial charge in [0.25, 0.3) is 5.91 Å². The molecule has 31 heavy (non-hydrogen) atoms. The molecule has 0 unspecified atom stereocenters. The number of halogens is 1. The molecule has 0 atom stereocenters. The highest BCUT2D eigenvalue weighted by molar-refractivity contribution is 6.30. The van der Waals surface area contributed by atoms with E-state index in [1.807, 2.05) is 37.3 Å². The Morgan fingerprint density at radius 1 is 1.19 bits per heavy atom. The molecule has 0 aliphatic carbocycles. The van der Waals surface area contributed by atoms with Crippen LogP contribution in [0.1, 0.15) is 21.6 Å². The first-order valence-electron chi connectivity index (χ1n) is 10.2. The molecule has 0 saturated carbocycles. The molecule has 2 aromatic carbocycles. The SMILES string of the molecule is Cc1cc(Cl)ccc1OCn1ccc(C(=O)Nc2cccc(CN3CCOCC3)c2)n1. The van der Waals surface area contributed by atoms with Crippen LogP contribution in [-0.2, 0) is 18.0 Å². The van der Waals surface area contributed by atoms with E-state index < -0.39 is 0 Å². The van der Waals surface area contributed by atoms with E-state index in [9.17, 15) is 4.79 Å². The molecule has 3 aromatic rings. The van der Waals surface area contributed by atoms with Gasteiger partial charge in [-0.25, -0.2) is 4.68 Å². The number of hydrogen-bond donors (Lipinski definition) is 1. The number of nitrogens with one attached hydrogen (secondary N) is 1. The second-order valence-electron chi connectivity index (χ2n) is 7.47. The molecule has 8 heteroatoms. The summed E-state index contributed by atoms with van der Waals surface area (Å²) in [4.78, 5) is 15.0. The summed E-state index contributed by atoms with van der Waals surface area (Å²) in [5.41, 5.74) is 3.17. The second kappa shape index (κ2) is 9.96. The van der Waals surface area contributed by atoms with E-state index in [-0.39, 0.29) is 12.6 Å². The maximum absolute atomic E-state index is 12.6. The molecule has 1 fully saturated rings. The van der Waals surface area contributed by atoms with Crippen LogP contribution in [-0.4, -0.2) is 46.9 Å². The monoisotopic (exact) mass is 440 g/mol. The fourth-order valence-electron chi connectivity index (χ4n) is 3.43. The summed E-state index contributed by atoms with van der Waals surface area (Å²) in [5.74, 6) is 0.466. The van der Waals surface area contributed by atoms with Crippen molar-refractivity contribution in [3.8, 4) is 5.75 Å². The largest absolute Gasteiger partial charge is 0.471 e. The zero-order valence-corrected chi connectivity index (χ0v) is 18.1. The Balaban J connectivity index is 1.34. The van der Waals surface area contributed by atoms with Crippen molar-refractivity contribution < 1.29 is 14.3 Å². The van der Waals surface area contributed by atoms with Gasteiger partial charge in [0, 0.05) is 36.5 Å². The van der Waals surface area contributed by atoms with E-state index in [0.717, 1.165) is 55.4 Å². The van der Waals surface area contributed by atoms with Crippen LogP contribution in [0, 0.1) is 6.92 Å². The molecular formula is C23H25ClN4O3. The van der Waals surface area contributed by atoms with Crippen molar-refractivity contribution >= 4 is 23.2 Å². The molecule has 4 rings (SSSR count). The predicted molar refractivity (Wildman–Crippen MR) is 120 cm³/mol. The average Bonchev–Trinajstić information content (AvgIpc) is 3.23. The Hall–Kier alpha value is -2.87. The number of hydrogen-bond acceptors (Lipinski definition) is 5. The van der Waals surface area contributed by atoms with Crippen LogP contribution in [0.3, 0.4) is 0 Å². The van der Waals surface area contributed by atoms with Gasteiger partial charge in [0.05, 0.1) is 13.2 Å². The number of morpholine rings is 1. The Kier molecular flexibility index (Phi) is 6.86. The van der Waals surface area contributed by atoms with E-state index in [0.29, 0.717) is 10.7 Å². The van der Waals surface area contributed by atoms with E-state index >= 15 is 0 Å². The molecule has 7 nitrogen and oxygen atoms in total. The third-order valence-electron chi connectivity index (χ3n) is 5.06. The highest BCUT2D eigenvalue weighted by Crippen LogP contribution is 2.22. The van der Waals surface area contributed by atoms with Gasteiger partial charge in [-0.3, -0.25) is 9.69 Å². The van der Waals surface area contributed by atoms with Crippen LogP contribution in [0.5, 0.6) is 5.75 Å². The molecule has 1 saturated heterocycles. The van der Waals surface area contributed by atoms with Crippen LogP contribution in [0.25, 0.3) is 0 Å². The number of aromatic nitrogens is 2. The van der Waals surface area contributed by atoms with E-state index in [4.69, 9.17) is 21.1 Å². The summed E-state index contributed by atoms with van der Waals surface area (Å²) in [5, 5.41) is 7.90. The summed E-state index contributed by atoms with van der Waals surface area (Å²) in [6.07, 6.45) is 1.72. The molecule has 2 heterocycles. The quantitative estimate of drug-likeness (QED) is 0.602. The molecule has 1 aliphatic heterocycles. The van der Waals surface area contributed by atoms with E-state index in [2.05, 4.69) is 21.4 Å². The summed E-state index contributed by atoms with van der Waals surface area (Å²) in [6.45, 7) is 6.34. The van der Waals surface area contributed by atoms with Crippen molar-refractivity contribution in [2.75, 3.05) is 31.6 Å². The van der Waals surface area contributed by atoms with Crippen molar-refractivity contribution in [2.45, 2.75) is 20.2 Å². The average molecular weight is 441 g/mol. The first-order chi connectivity index (χ1) is 15.1. The first kappa shape index (κ1) is 21.4. The van der Waals surface area contributed by atoms with Gasteiger partial charge in [-0.05, 0) is 54.4 Å². The number of carbonyl (C=O) groups is 1. The smallest absolute Gasteiger partial charge is 0.276 e. The van der Waals surface area contributed by atoms with E-state index in [1.54, 1.807) is 23.0 Å². The van der Waals surface area contributed by atoms with Gasteiger partial charge in [-0.15, -0.1) is 0 Å². The minimum absolute atomic E-state index is 0.199. The van der Waals surface area contributed by atoms with Crippen LogP contribution < -0.4 is 10.1 Å². The highest BCUT2D eigenvalue weighted by atomic mass is 35.5. The number of rotatable bonds is 7. The summed E-state index contributed by atoms with van der Waals surface area (Å²) in [7, 11) is 0. The number of amides is 1. The number of ether oxygens (including phenoxy) is 2. The molecule has 0 bridgehead atoms. The minimum atomic E-state index is -0.259. The van der Waals surface area contributed by atoms with Crippen LogP contribution in [0.15, 0.2) is 54.7 Å². The lowest BCUT2D eigenvalue weighted by Crippen LogP contribution is -2.35. The molecule has 0 radical (unpaired) electrons. The number of nitrogens with zero attached hydrogens (tertiary/aromatic N) is 3. The zero-order chi connectivity index (χ0) is 21.6. The van der Waals surface area contributed by atoms with Gasteiger partial charge in [-0.2, -0.15) is 5.10 Å². The lowest BCUT2D eigenvalue weighted by Gasteiger charge is -2.26. The number of anilines is 1. The van der Waals surface area contributed by atoms with Crippen molar-refractivity contribution in [2.24, 2.45) is 0 Å². The van der Waals surface area contributed by atoms with Gasteiger partial charge in [0.2, 0.25) is 0 Å². The summed E-state index contributed by atoms with van der Waals surface area (Å²) in [6, 6.07) is 15.0. The lowest BCUT2D eigenvalue weighted by atomic mass is 10.2. The number of carbonyl (C=O) groups excluding carboxylic acids is 1. The van der Waals surface area contributed by atoms with Crippen molar-refractivity contribution in [1.29, 1.82) is 0 Å². The van der Waals surface area contributed by atoms with Crippen LogP contribution >= 0.6 is 11.6 Å². The standard InChI is InChI=1S/C23H25ClN4O3/c1-17-13-19(24)5-6-22(17)31-16-28-8-7-21(26-28)23(29)25-20-4-2-3-18(14-20)15-27-9-11-30-12-10-27/h2-8,13-14H,9-12,15-16H2,1H3,(H,25,29). The summed E-state index contributed by atoms with van der Waals surface area (Å²) < 4.78 is 12.8. The molecule has 1 aliphatic rings. The topological polar surface area (TPSA) is 68.6 Å². The van der Waals surface area contributed by atoms with Crippen LogP contribution in [0.4, 0.5) is 5.69 Å². The molecule has 0 spiro atoms. The van der Waals surface area contributed by atoms with Gasteiger partial charge in [0.15, 0.2) is 12.4 Å². The normalized spacial score (nSPS) is 14.4. The highest BCUT2D eigenvalue weighted by Gasteiger charge is 2.13. The van der Waals surface area contributed by atoms with E-state index in [1.165, 1.54) is 0 Å². The molecule has 1 N–H and O–H groups in total. The molecule has 1 amide bonds. The molecular weight excluding hydrogens is 416 g/mol. The van der Waals surface area contributed by atoms with Crippen molar-refractivity contribution in [1.82, 2.24) is 14.7 Å². The van der Waals surface area contributed by atoms with Crippen LogP contribution in [0.2, 0.25) is 5.02 Å². The maximum atomic E-state index is 12.6. The van der Waals surface area contributed by atoms with Gasteiger partial charge in [0.1, 0.15) is 5.75 Å². The number of benzene rings is 2. The lowest BCUT2D eigenvalue weighted by molar-refractivity contribution is 0.0342. The predicted octanol–water partition coefficient (Wildman–Crippen LogP) is 3.97. The van der Waals surface area contributed by atoms with Crippen molar-refractivity contribution in [3.63, 3.8) is 0 Å². The Morgan fingerprint density at radius 2 is 2.03 bits per heavy atom. The third-order valence-corrected chi connectivity index (χ3v) is 5.29. The Labute approximate surface area is 186 Å². The zero-order valence-electron chi connectivity index (χ0n) is 17.4. The molecule has 162 valence electrons. The minimum Gasteiger partial charge on any atom is -0.471 e. The number of aryl methyl sites for hydroxylation is 1. The fraction of sp³-hybridized carbons (Fsp3) is 0.304. The summed E-state index contributed by atoms with van der Waals surface area (Å²) >= 11 is 5.97. The van der Waals surface area contributed by atoms with Gasteiger partial charge in [-0.1, -0.05) is 23.7 Å². The third kappa shape index (κ3) is 5.85. The maximum Gasteiger partial charge on any atom is 0.276 e. The van der Waals surface area contributed by atoms with Crippen molar-refractivity contribution in [3.05, 3.63) is 76.6 Å². The molecule has 1 aromatic heterocycles. The Bertz CT molecular complexity index is 1050. The fourth-order valence-corrected chi connectivity index (χ4v) is 3.65. The second-order valence-corrected chi connectivity index (χ2v) is 7.90. The van der Waals surface area contributed by atoms with Gasteiger partial charge >= 0.3 is 0 Å². The van der Waals surface area contributed by atoms with Gasteiger partial charge < -0.3 is 14.8 Å².